The summed E-state index contributed by atoms with van der Waals surface area (Å²) in [5.74, 6) is 6.91. The molecule has 6 heteroatoms. The van der Waals surface area contributed by atoms with Gasteiger partial charge in [0, 0.05) is 30.6 Å². The van der Waals surface area contributed by atoms with Gasteiger partial charge in [0.25, 0.3) is 0 Å². The Hall–Kier alpha value is -1.81. The molecule has 0 amide bonds. The van der Waals surface area contributed by atoms with Gasteiger partial charge in [0.1, 0.15) is 5.75 Å². The maximum absolute atomic E-state index is 13.4. The Morgan fingerprint density at radius 2 is 1.57 bits per heavy atom. The summed E-state index contributed by atoms with van der Waals surface area (Å²) in [5.41, 5.74) is 4.45. The molecule has 2 aromatic rings. The van der Waals surface area contributed by atoms with Crippen LogP contribution in [0.15, 0.2) is 33.6 Å². The maximum Gasteiger partial charge on any atom is 0.243 e. The van der Waals surface area contributed by atoms with Crippen LogP contribution in [0.4, 0.5) is 0 Å². The summed E-state index contributed by atoms with van der Waals surface area (Å²) in [6, 6.07) is 6.97. The highest BCUT2D eigenvalue weighted by Gasteiger charge is 2.35. The maximum atomic E-state index is 13.4. The Labute approximate surface area is 220 Å². The van der Waals surface area contributed by atoms with Crippen LogP contribution in [0.3, 0.4) is 0 Å². The van der Waals surface area contributed by atoms with E-state index in [0.717, 1.165) is 72.8 Å². The van der Waals surface area contributed by atoms with Crippen molar-refractivity contribution in [2.24, 2.45) is 0 Å². The number of hydrogen-bond acceptors (Lipinski definition) is 3. The second-order valence-corrected chi connectivity index (χ2v) is 12.2. The summed E-state index contributed by atoms with van der Waals surface area (Å²) in [7, 11) is -3.66. The summed E-state index contributed by atoms with van der Waals surface area (Å²) in [4.78, 5) is 0.291. The normalized spacial score (nSPS) is 13.5. The van der Waals surface area contributed by atoms with Crippen molar-refractivity contribution in [3.63, 3.8) is 0 Å². The Balaban J connectivity index is 1.96. The first-order valence-corrected chi connectivity index (χ1v) is 15.1. The van der Waals surface area contributed by atoms with Gasteiger partial charge in [0.05, 0.1) is 9.37 Å². The minimum Gasteiger partial charge on any atom is -0.506 e. The van der Waals surface area contributed by atoms with Crippen LogP contribution in [0.2, 0.25) is 0 Å². The van der Waals surface area contributed by atoms with E-state index >= 15 is 0 Å². The number of fused-ring (bicyclic) bond motifs is 1. The van der Waals surface area contributed by atoms with Gasteiger partial charge in [0.2, 0.25) is 10.0 Å². The molecular weight excluding hydrogens is 522 g/mol. The average Bonchev–Trinajstić information content (AvgIpc) is 3.30. The molecule has 0 spiro atoms. The standard InChI is InChI=1S/C29H38BrNO3S/c1-4-6-8-10-11-13-14-24-25(15-12-9-7-5-2)29(32)28(30)27-21-31(20-26(24)27)35(33,34)23-18-16-22(3)17-19-23/h16-19,32H,4-12,15,20-21H2,1-3H3. The molecule has 0 saturated heterocycles. The molecule has 0 unspecified atom stereocenters. The third kappa shape index (κ3) is 6.70. The summed E-state index contributed by atoms with van der Waals surface area (Å²) >= 11 is 3.59. The van der Waals surface area contributed by atoms with Gasteiger partial charge in [-0.1, -0.05) is 81.9 Å². The molecule has 1 heterocycles. The smallest absolute Gasteiger partial charge is 0.243 e. The number of unbranched alkanes of at least 4 members (excludes halogenated alkanes) is 7. The van der Waals surface area contributed by atoms with Gasteiger partial charge < -0.3 is 5.11 Å². The van der Waals surface area contributed by atoms with Crippen molar-refractivity contribution in [1.29, 1.82) is 0 Å². The van der Waals surface area contributed by atoms with E-state index in [-0.39, 0.29) is 18.8 Å². The van der Waals surface area contributed by atoms with Crippen LogP contribution in [-0.2, 0) is 29.5 Å². The Morgan fingerprint density at radius 3 is 2.23 bits per heavy atom. The molecule has 0 aromatic heterocycles. The second kappa shape index (κ2) is 12.9. The fourth-order valence-electron chi connectivity index (χ4n) is 4.55. The van der Waals surface area contributed by atoms with E-state index in [1.807, 2.05) is 19.1 Å². The van der Waals surface area contributed by atoms with Gasteiger partial charge in [-0.05, 0) is 65.4 Å². The topological polar surface area (TPSA) is 57.6 Å². The minimum atomic E-state index is -3.66. The molecule has 0 fully saturated rings. The van der Waals surface area contributed by atoms with Crippen LogP contribution >= 0.6 is 15.9 Å². The molecule has 0 aliphatic carbocycles. The number of aryl methyl sites for hydroxylation is 1. The number of benzene rings is 2. The Kier molecular flexibility index (Phi) is 10.3. The quantitative estimate of drug-likeness (QED) is 0.227. The third-order valence-corrected chi connectivity index (χ3v) is 9.36. The number of halogens is 1. The Morgan fingerprint density at radius 1 is 0.943 bits per heavy atom. The molecule has 4 nitrogen and oxygen atoms in total. The number of aromatic hydroxyl groups is 1. The molecule has 3 rings (SSSR count). The summed E-state index contributed by atoms with van der Waals surface area (Å²) in [5, 5.41) is 11.1. The SMILES string of the molecule is CCCCCCC#Cc1c(CCCCCC)c(O)c(Br)c2c1CN(S(=O)(=O)c1ccc(C)cc1)C2. The van der Waals surface area contributed by atoms with Crippen molar-refractivity contribution >= 4 is 26.0 Å². The first-order valence-electron chi connectivity index (χ1n) is 12.9. The van der Waals surface area contributed by atoms with Crippen molar-refractivity contribution in [2.45, 2.75) is 103 Å². The zero-order valence-electron chi connectivity index (χ0n) is 21.3. The Bertz CT molecular complexity index is 1180. The number of nitrogens with zero attached hydrogens (tertiary/aromatic N) is 1. The van der Waals surface area contributed by atoms with E-state index in [4.69, 9.17) is 0 Å². The van der Waals surface area contributed by atoms with Crippen LogP contribution < -0.4 is 0 Å². The lowest BCUT2D eigenvalue weighted by atomic mass is 9.93. The van der Waals surface area contributed by atoms with Crippen LogP contribution in [0.1, 0.15) is 99.5 Å². The van der Waals surface area contributed by atoms with E-state index in [9.17, 15) is 13.5 Å². The number of phenolic OH excluding ortho intramolecular Hbond substituents is 1. The lowest BCUT2D eigenvalue weighted by molar-refractivity contribution is 0.430. The molecule has 0 bridgehead atoms. The van der Waals surface area contributed by atoms with Crippen LogP contribution in [0.25, 0.3) is 0 Å². The molecule has 0 atom stereocenters. The molecule has 1 N–H and O–H groups in total. The highest BCUT2D eigenvalue weighted by atomic mass is 79.9. The van der Waals surface area contributed by atoms with Crippen molar-refractivity contribution in [3.8, 4) is 17.6 Å². The zero-order valence-corrected chi connectivity index (χ0v) is 23.7. The van der Waals surface area contributed by atoms with E-state index in [0.29, 0.717) is 9.37 Å². The van der Waals surface area contributed by atoms with Gasteiger partial charge in [-0.15, -0.1) is 0 Å². The third-order valence-electron chi connectivity index (χ3n) is 6.70. The monoisotopic (exact) mass is 559 g/mol. The highest BCUT2D eigenvalue weighted by Crippen LogP contribution is 2.43. The number of phenols is 1. The van der Waals surface area contributed by atoms with Gasteiger partial charge in [0.15, 0.2) is 0 Å². The first-order chi connectivity index (χ1) is 16.8. The minimum absolute atomic E-state index is 0.213. The second-order valence-electron chi connectivity index (χ2n) is 9.48. The van der Waals surface area contributed by atoms with Crippen LogP contribution in [-0.4, -0.2) is 17.8 Å². The molecule has 0 saturated carbocycles. The van der Waals surface area contributed by atoms with E-state index in [1.165, 1.54) is 23.6 Å². The van der Waals surface area contributed by atoms with Crippen molar-refractivity contribution in [2.75, 3.05) is 0 Å². The summed E-state index contributed by atoms with van der Waals surface area (Å²) < 4.78 is 29.0. The molecule has 2 aromatic carbocycles. The summed E-state index contributed by atoms with van der Waals surface area (Å²) in [6.45, 7) is 6.81. The van der Waals surface area contributed by atoms with Gasteiger partial charge >= 0.3 is 0 Å². The van der Waals surface area contributed by atoms with Crippen molar-refractivity contribution in [1.82, 2.24) is 4.31 Å². The molecular formula is C29H38BrNO3S. The van der Waals surface area contributed by atoms with Crippen molar-refractivity contribution in [3.05, 3.63) is 56.6 Å². The van der Waals surface area contributed by atoms with E-state index in [2.05, 4.69) is 41.6 Å². The van der Waals surface area contributed by atoms with Gasteiger partial charge in [-0.25, -0.2) is 8.42 Å². The van der Waals surface area contributed by atoms with E-state index in [1.54, 1.807) is 12.1 Å². The molecule has 35 heavy (non-hydrogen) atoms. The lowest BCUT2D eigenvalue weighted by Crippen LogP contribution is -2.25. The number of rotatable bonds is 11. The highest BCUT2D eigenvalue weighted by molar-refractivity contribution is 9.10. The fraction of sp³-hybridized carbons (Fsp3) is 0.517. The predicted octanol–water partition coefficient (Wildman–Crippen LogP) is 7.61. The van der Waals surface area contributed by atoms with Crippen molar-refractivity contribution < 1.29 is 13.5 Å². The average molecular weight is 561 g/mol. The fourth-order valence-corrected chi connectivity index (χ4v) is 6.53. The molecule has 0 radical (unpaired) electrons. The molecule has 190 valence electrons. The summed E-state index contributed by atoms with van der Waals surface area (Å²) in [6.07, 6.45) is 10.6. The molecule has 1 aliphatic heterocycles. The van der Waals surface area contributed by atoms with E-state index < -0.39 is 10.0 Å². The lowest BCUT2D eigenvalue weighted by Gasteiger charge is -2.16. The number of sulfonamides is 1. The van der Waals surface area contributed by atoms with Crippen LogP contribution in [0, 0.1) is 18.8 Å². The number of hydrogen-bond donors (Lipinski definition) is 1. The van der Waals surface area contributed by atoms with Gasteiger partial charge in [-0.2, -0.15) is 4.31 Å². The van der Waals surface area contributed by atoms with Crippen LogP contribution in [0.5, 0.6) is 5.75 Å². The zero-order chi connectivity index (χ0) is 25.4. The largest absolute Gasteiger partial charge is 0.506 e. The van der Waals surface area contributed by atoms with Gasteiger partial charge in [-0.3, -0.25) is 0 Å². The molecule has 1 aliphatic rings. The first kappa shape index (κ1) is 27.8. The predicted molar refractivity (Wildman–Crippen MR) is 147 cm³/mol.